The van der Waals surface area contributed by atoms with E-state index in [0.29, 0.717) is 5.69 Å². The van der Waals surface area contributed by atoms with Gasteiger partial charge in [0.05, 0.1) is 17.6 Å². The molecule has 0 saturated heterocycles. The van der Waals surface area contributed by atoms with Gasteiger partial charge in [-0.25, -0.2) is 4.79 Å². The lowest BCUT2D eigenvalue weighted by Crippen LogP contribution is -2.70. The predicted octanol–water partition coefficient (Wildman–Crippen LogP) is -0.397. The Labute approximate surface area is 181 Å². The van der Waals surface area contributed by atoms with Gasteiger partial charge in [-0.05, 0) is 23.8 Å². The smallest absolute Gasteiger partial charge is 0.319 e. The molecule has 1 fully saturated rings. The van der Waals surface area contributed by atoms with Crippen molar-refractivity contribution in [2.45, 2.75) is 36.3 Å². The first-order chi connectivity index (χ1) is 15.4. The topological polar surface area (TPSA) is 170 Å². The molecule has 11 heteroatoms. The minimum Gasteiger partial charge on any atom is -0.504 e. The molecule has 2 aromatic carbocycles. The number of rotatable bonds is 2. The third kappa shape index (κ3) is 3.09. The van der Waals surface area contributed by atoms with Crippen LogP contribution in [0.15, 0.2) is 36.4 Å². The van der Waals surface area contributed by atoms with Crippen molar-refractivity contribution in [1.29, 1.82) is 0 Å². The molecule has 32 heavy (non-hydrogen) atoms. The summed E-state index contributed by atoms with van der Waals surface area (Å²) in [6.45, 7) is -0.146. The van der Waals surface area contributed by atoms with E-state index < -0.39 is 54.0 Å². The number of phenols is 1. The van der Waals surface area contributed by atoms with E-state index in [1.54, 1.807) is 30.3 Å². The summed E-state index contributed by atoms with van der Waals surface area (Å²) in [5.41, 5.74) is 0.642. The molecule has 1 aliphatic carbocycles. The van der Waals surface area contributed by atoms with Crippen LogP contribution in [0.2, 0.25) is 0 Å². The summed E-state index contributed by atoms with van der Waals surface area (Å²) in [4.78, 5) is 25.4. The Morgan fingerprint density at radius 3 is 2.56 bits per heavy atom. The fourth-order valence-corrected chi connectivity index (χ4v) is 4.62. The number of aliphatic hydroxyl groups is 3. The van der Waals surface area contributed by atoms with Gasteiger partial charge in [0.25, 0.3) is 5.91 Å². The van der Waals surface area contributed by atoms with Crippen molar-refractivity contribution >= 4 is 17.6 Å². The van der Waals surface area contributed by atoms with E-state index in [1.165, 1.54) is 6.07 Å². The molecular formula is C21H21N3O8. The highest BCUT2D eigenvalue weighted by Crippen LogP contribution is 2.50. The minimum atomic E-state index is -1.64. The molecule has 0 bridgehead atoms. The van der Waals surface area contributed by atoms with Crippen molar-refractivity contribution in [2.75, 3.05) is 12.1 Å². The van der Waals surface area contributed by atoms with Gasteiger partial charge in [-0.1, -0.05) is 18.2 Å². The van der Waals surface area contributed by atoms with Crippen LogP contribution >= 0.6 is 0 Å². The number of aliphatic hydroxyl groups excluding tert-OH is 3. The summed E-state index contributed by atoms with van der Waals surface area (Å²) < 4.78 is 10.6. The Bertz CT molecular complexity index is 1080. The van der Waals surface area contributed by atoms with Gasteiger partial charge < -0.3 is 45.9 Å². The van der Waals surface area contributed by atoms with Crippen LogP contribution in [0, 0.1) is 0 Å². The minimum absolute atomic E-state index is 0.0145. The van der Waals surface area contributed by atoms with Crippen LogP contribution in [0.3, 0.4) is 0 Å². The summed E-state index contributed by atoms with van der Waals surface area (Å²) in [5, 5.41) is 50.1. The SMILES string of the molecule is O=C(Nc1ccccc1)NC1[C@H](O)[C@@H](O)[C@@H](O)[C@@H]2NC(=O)c3c(cc4c(c3O)OCO4)[C@@H]12. The number of fused-ring (bicyclic) bond motifs is 4. The molecule has 3 amide bonds. The first kappa shape index (κ1) is 20.4. The Balaban J connectivity index is 1.54. The number of hydrogen-bond donors (Lipinski definition) is 7. The van der Waals surface area contributed by atoms with E-state index in [4.69, 9.17) is 9.47 Å². The maximum atomic E-state index is 12.7. The molecule has 168 valence electrons. The number of urea groups is 1. The second kappa shape index (κ2) is 7.55. The van der Waals surface area contributed by atoms with Gasteiger partial charge in [0.15, 0.2) is 11.5 Å². The number of phenolic OH excluding ortho intramolecular Hbond substituents is 1. The molecule has 7 N–H and O–H groups in total. The van der Waals surface area contributed by atoms with Crippen LogP contribution in [0.5, 0.6) is 17.2 Å². The molecule has 1 unspecified atom stereocenters. The van der Waals surface area contributed by atoms with Crippen molar-refractivity contribution in [3.8, 4) is 17.2 Å². The normalized spacial score (nSPS) is 30.0. The zero-order valence-electron chi connectivity index (χ0n) is 16.6. The number of para-hydroxylation sites is 1. The highest BCUT2D eigenvalue weighted by molar-refractivity contribution is 6.01. The largest absolute Gasteiger partial charge is 0.504 e. The molecule has 1 saturated carbocycles. The van der Waals surface area contributed by atoms with Crippen LogP contribution in [0.25, 0.3) is 0 Å². The first-order valence-corrected chi connectivity index (χ1v) is 10.00. The number of ether oxygens (including phenoxy) is 2. The summed E-state index contributed by atoms with van der Waals surface area (Å²) in [6.07, 6.45) is -4.72. The Kier molecular flexibility index (Phi) is 4.81. The predicted molar refractivity (Wildman–Crippen MR) is 109 cm³/mol. The van der Waals surface area contributed by atoms with E-state index in [0.717, 1.165) is 0 Å². The molecular weight excluding hydrogens is 422 g/mol. The second-order valence-corrected chi connectivity index (χ2v) is 7.91. The molecule has 2 aromatic rings. The van der Waals surface area contributed by atoms with Gasteiger partial charge in [0.1, 0.15) is 18.3 Å². The zero-order chi connectivity index (χ0) is 22.6. The molecule has 0 spiro atoms. The third-order valence-corrected chi connectivity index (χ3v) is 6.09. The monoisotopic (exact) mass is 443 g/mol. The molecule has 11 nitrogen and oxygen atoms in total. The van der Waals surface area contributed by atoms with E-state index in [-0.39, 0.29) is 29.4 Å². The number of nitrogens with one attached hydrogen (secondary N) is 3. The molecule has 0 radical (unpaired) electrons. The molecule has 6 atom stereocenters. The molecule has 2 heterocycles. The number of anilines is 1. The number of carbonyl (C=O) groups is 2. The van der Waals surface area contributed by atoms with Crippen LogP contribution in [-0.4, -0.2) is 69.6 Å². The molecule has 0 aromatic heterocycles. The Hall–Kier alpha value is -3.54. The fraction of sp³-hybridized carbons (Fsp3) is 0.333. The Morgan fingerprint density at radius 2 is 1.81 bits per heavy atom. The van der Waals surface area contributed by atoms with Gasteiger partial charge >= 0.3 is 6.03 Å². The molecule has 5 rings (SSSR count). The van der Waals surface area contributed by atoms with Crippen LogP contribution in [0.4, 0.5) is 10.5 Å². The summed E-state index contributed by atoms with van der Waals surface area (Å²) in [7, 11) is 0. The maximum Gasteiger partial charge on any atom is 0.319 e. The van der Waals surface area contributed by atoms with E-state index in [2.05, 4.69) is 16.0 Å². The summed E-state index contributed by atoms with van der Waals surface area (Å²) in [6, 6.07) is 7.25. The summed E-state index contributed by atoms with van der Waals surface area (Å²) >= 11 is 0. The van der Waals surface area contributed by atoms with Crippen LogP contribution < -0.4 is 25.4 Å². The highest BCUT2D eigenvalue weighted by Gasteiger charge is 2.54. The van der Waals surface area contributed by atoms with E-state index >= 15 is 0 Å². The van der Waals surface area contributed by atoms with Crippen molar-refractivity contribution < 1.29 is 39.5 Å². The lowest BCUT2D eigenvalue weighted by molar-refractivity contribution is -0.116. The van der Waals surface area contributed by atoms with Crippen molar-refractivity contribution in [3.05, 3.63) is 47.5 Å². The number of aromatic hydroxyl groups is 1. The fourth-order valence-electron chi connectivity index (χ4n) is 4.62. The van der Waals surface area contributed by atoms with E-state index in [1.807, 2.05) is 0 Å². The van der Waals surface area contributed by atoms with Crippen LogP contribution in [0.1, 0.15) is 21.8 Å². The average Bonchev–Trinajstić information content (AvgIpc) is 3.25. The highest BCUT2D eigenvalue weighted by atomic mass is 16.7. The van der Waals surface area contributed by atoms with Crippen molar-refractivity contribution in [1.82, 2.24) is 10.6 Å². The standard InChI is InChI=1S/C21H21N3O8/c25-15-12-9(6-10-19(15)32-7-31-10)11-13(23-20(12)29)16(26)18(28)17(27)14(11)24-21(30)22-8-4-2-1-3-5-8/h1-6,11,13-14,16-18,25-28H,7H2,(H,23,29)(H2,22,24,30)/t11-,13-,14?,16+,17+,18+/m1/s1. The second-order valence-electron chi connectivity index (χ2n) is 7.91. The number of carbonyl (C=O) groups excluding carboxylic acids is 2. The molecule has 2 aliphatic heterocycles. The quantitative estimate of drug-likeness (QED) is 0.329. The summed E-state index contributed by atoms with van der Waals surface area (Å²) in [5.74, 6) is -1.81. The van der Waals surface area contributed by atoms with Crippen LogP contribution in [-0.2, 0) is 0 Å². The Morgan fingerprint density at radius 1 is 1.06 bits per heavy atom. The van der Waals surface area contributed by atoms with Gasteiger partial charge in [-0.3, -0.25) is 4.79 Å². The van der Waals surface area contributed by atoms with Gasteiger partial charge in [-0.2, -0.15) is 0 Å². The lowest BCUT2D eigenvalue weighted by Gasteiger charge is -2.49. The van der Waals surface area contributed by atoms with Gasteiger partial charge in [0.2, 0.25) is 12.5 Å². The number of hydrogen-bond acceptors (Lipinski definition) is 8. The maximum absolute atomic E-state index is 12.7. The first-order valence-electron chi connectivity index (χ1n) is 10.00. The average molecular weight is 443 g/mol. The van der Waals surface area contributed by atoms with Gasteiger partial charge in [0, 0.05) is 11.6 Å². The van der Waals surface area contributed by atoms with Gasteiger partial charge in [-0.15, -0.1) is 0 Å². The number of amides is 3. The zero-order valence-corrected chi connectivity index (χ0v) is 16.6. The lowest BCUT2D eigenvalue weighted by atomic mass is 9.69. The molecule has 3 aliphatic rings. The third-order valence-electron chi connectivity index (χ3n) is 6.09. The van der Waals surface area contributed by atoms with Crippen molar-refractivity contribution in [3.63, 3.8) is 0 Å². The van der Waals surface area contributed by atoms with Crippen molar-refractivity contribution in [2.24, 2.45) is 0 Å². The number of benzene rings is 2. The van der Waals surface area contributed by atoms with E-state index in [9.17, 15) is 30.0 Å².